The molecular formula is C19H26BrN3O4. The molecule has 148 valence electrons. The molecule has 0 atom stereocenters. The third-order valence-corrected chi connectivity index (χ3v) is 5.02. The van der Waals surface area contributed by atoms with Gasteiger partial charge in [0, 0.05) is 15.9 Å². The summed E-state index contributed by atoms with van der Waals surface area (Å²) in [6, 6.07) is 6.02. The minimum Gasteiger partial charge on any atom is -0.483 e. The molecule has 0 saturated heterocycles. The molecule has 1 aromatic carbocycles. The molecule has 27 heavy (non-hydrogen) atoms. The standard InChI is InChI=1S/C18H24BrN3O2.CH2O2/c1-18(2,3)22-15-9-4-11(19)10-14(15)16(21-22)17(24)20-12-5-7-13(23)8-6-12;2-1-3/h4,9-10,12-13,23H,5-8H2,1-3H3,(H,20,24);1H,(H,2,3). The van der Waals surface area contributed by atoms with Crippen LogP contribution in [0.15, 0.2) is 22.7 Å². The van der Waals surface area contributed by atoms with Crippen molar-refractivity contribution in [3.8, 4) is 0 Å². The summed E-state index contributed by atoms with van der Waals surface area (Å²) in [6.45, 7) is 5.98. The number of rotatable bonds is 2. The second kappa shape index (κ2) is 8.84. The van der Waals surface area contributed by atoms with Crippen LogP contribution in [0.2, 0.25) is 0 Å². The summed E-state index contributed by atoms with van der Waals surface area (Å²) in [5.41, 5.74) is 1.21. The molecular weight excluding hydrogens is 414 g/mol. The summed E-state index contributed by atoms with van der Waals surface area (Å²) >= 11 is 3.48. The highest BCUT2D eigenvalue weighted by Gasteiger charge is 2.26. The van der Waals surface area contributed by atoms with E-state index in [-0.39, 0.29) is 30.1 Å². The first-order valence-corrected chi connectivity index (χ1v) is 9.72. The normalized spacial score (nSPS) is 19.9. The monoisotopic (exact) mass is 439 g/mol. The van der Waals surface area contributed by atoms with E-state index in [9.17, 15) is 9.90 Å². The van der Waals surface area contributed by atoms with Crippen molar-refractivity contribution >= 4 is 39.2 Å². The number of nitrogens with one attached hydrogen (secondary N) is 1. The Morgan fingerprint density at radius 1 is 1.30 bits per heavy atom. The van der Waals surface area contributed by atoms with Crippen LogP contribution in [-0.4, -0.2) is 44.5 Å². The zero-order valence-electron chi connectivity index (χ0n) is 15.8. The quantitative estimate of drug-likeness (QED) is 0.622. The Morgan fingerprint density at radius 2 is 1.89 bits per heavy atom. The molecule has 1 aromatic heterocycles. The van der Waals surface area contributed by atoms with Crippen LogP contribution in [0.1, 0.15) is 56.9 Å². The van der Waals surface area contributed by atoms with Crippen LogP contribution < -0.4 is 5.32 Å². The molecule has 0 aliphatic heterocycles. The molecule has 7 nitrogen and oxygen atoms in total. The molecule has 1 saturated carbocycles. The predicted molar refractivity (Wildman–Crippen MR) is 107 cm³/mol. The fourth-order valence-electron chi connectivity index (χ4n) is 3.24. The lowest BCUT2D eigenvalue weighted by Crippen LogP contribution is -2.39. The van der Waals surface area contributed by atoms with Crippen molar-refractivity contribution in [1.82, 2.24) is 15.1 Å². The van der Waals surface area contributed by atoms with Crippen molar-refractivity contribution in [1.29, 1.82) is 0 Å². The Balaban J connectivity index is 0.000000817. The molecule has 1 fully saturated rings. The Morgan fingerprint density at radius 3 is 2.44 bits per heavy atom. The highest BCUT2D eigenvalue weighted by Crippen LogP contribution is 2.28. The van der Waals surface area contributed by atoms with Crippen LogP contribution in [0.3, 0.4) is 0 Å². The van der Waals surface area contributed by atoms with Gasteiger partial charge < -0.3 is 15.5 Å². The summed E-state index contributed by atoms with van der Waals surface area (Å²) in [6.07, 6.45) is 2.89. The zero-order chi connectivity index (χ0) is 20.2. The summed E-state index contributed by atoms with van der Waals surface area (Å²) in [5.74, 6) is -0.137. The zero-order valence-corrected chi connectivity index (χ0v) is 17.4. The van der Waals surface area contributed by atoms with Crippen molar-refractivity contribution in [3.05, 3.63) is 28.4 Å². The van der Waals surface area contributed by atoms with E-state index >= 15 is 0 Å². The van der Waals surface area contributed by atoms with Crippen molar-refractivity contribution in [2.24, 2.45) is 0 Å². The van der Waals surface area contributed by atoms with Crippen LogP contribution in [-0.2, 0) is 10.3 Å². The van der Waals surface area contributed by atoms with Gasteiger partial charge in [-0.3, -0.25) is 14.3 Å². The number of carbonyl (C=O) groups is 2. The number of fused-ring (bicyclic) bond motifs is 1. The van der Waals surface area contributed by atoms with Crippen LogP contribution in [0, 0.1) is 0 Å². The first-order chi connectivity index (χ1) is 12.7. The minimum atomic E-state index is -0.250. The maximum atomic E-state index is 12.8. The Kier molecular flexibility index (Phi) is 7.00. The van der Waals surface area contributed by atoms with E-state index in [0.29, 0.717) is 5.69 Å². The van der Waals surface area contributed by atoms with Gasteiger partial charge in [-0.25, -0.2) is 0 Å². The van der Waals surface area contributed by atoms with Gasteiger partial charge in [-0.05, 0) is 64.7 Å². The number of nitrogens with zero attached hydrogens (tertiary/aromatic N) is 2. The van der Waals surface area contributed by atoms with E-state index in [1.165, 1.54) is 0 Å². The number of halogens is 1. The van der Waals surface area contributed by atoms with Gasteiger partial charge in [0.1, 0.15) is 0 Å². The number of aliphatic hydroxyl groups excluding tert-OH is 1. The molecule has 3 N–H and O–H groups in total. The van der Waals surface area contributed by atoms with E-state index in [0.717, 1.165) is 41.1 Å². The fourth-order valence-corrected chi connectivity index (χ4v) is 3.60. The SMILES string of the molecule is CC(C)(C)n1nc(C(=O)NC2CCC(O)CC2)c2cc(Br)ccc21.O=CO. The van der Waals surface area contributed by atoms with Gasteiger partial charge in [-0.15, -0.1) is 0 Å². The Bertz CT molecular complexity index is 805. The van der Waals surface area contributed by atoms with Crippen molar-refractivity contribution in [2.45, 2.75) is 64.1 Å². The fraction of sp³-hybridized carbons (Fsp3) is 0.526. The lowest BCUT2D eigenvalue weighted by atomic mass is 9.93. The summed E-state index contributed by atoms with van der Waals surface area (Å²) in [7, 11) is 0. The highest BCUT2D eigenvalue weighted by atomic mass is 79.9. The molecule has 0 radical (unpaired) electrons. The van der Waals surface area contributed by atoms with Gasteiger partial charge in [-0.1, -0.05) is 15.9 Å². The average Bonchev–Trinajstić information content (AvgIpc) is 2.96. The lowest BCUT2D eigenvalue weighted by molar-refractivity contribution is -0.122. The third-order valence-electron chi connectivity index (χ3n) is 4.52. The molecule has 2 aromatic rings. The first kappa shape index (κ1) is 21.4. The molecule has 1 heterocycles. The molecule has 1 aliphatic rings. The van der Waals surface area contributed by atoms with E-state index < -0.39 is 0 Å². The topological polar surface area (TPSA) is 104 Å². The predicted octanol–water partition coefficient (Wildman–Crippen LogP) is 3.29. The number of carbonyl (C=O) groups excluding carboxylic acids is 1. The van der Waals surface area contributed by atoms with Gasteiger partial charge in [-0.2, -0.15) is 5.10 Å². The number of hydrogen-bond donors (Lipinski definition) is 3. The number of benzene rings is 1. The molecule has 0 spiro atoms. The van der Waals surface area contributed by atoms with Gasteiger partial charge >= 0.3 is 0 Å². The lowest BCUT2D eigenvalue weighted by Gasteiger charge is -2.25. The van der Waals surface area contributed by atoms with Gasteiger partial charge in [0.15, 0.2) is 5.69 Å². The second-order valence-electron chi connectivity index (χ2n) is 7.68. The van der Waals surface area contributed by atoms with Crippen molar-refractivity contribution in [3.63, 3.8) is 0 Å². The van der Waals surface area contributed by atoms with E-state index in [1.54, 1.807) is 0 Å². The summed E-state index contributed by atoms with van der Waals surface area (Å²) < 4.78 is 2.84. The number of aliphatic hydroxyl groups is 1. The molecule has 3 rings (SSSR count). The number of hydrogen-bond acceptors (Lipinski definition) is 4. The van der Waals surface area contributed by atoms with Crippen LogP contribution in [0.4, 0.5) is 0 Å². The van der Waals surface area contributed by atoms with Crippen LogP contribution in [0.25, 0.3) is 10.9 Å². The van der Waals surface area contributed by atoms with Gasteiger partial charge in [0.2, 0.25) is 0 Å². The smallest absolute Gasteiger partial charge is 0.290 e. The molecule has 0 unspecified atom stereocenters. The van der Waals surface area contributed by atoms with Crippen molar-refractivity contribution in [2.75, 3.05) is 0 Å². The van der Waals surface area contributed by atoms with Gasteiger partial charge in [0.25, 0.3) is 12.4 Å². The number of amides is 1. The largest absolute Gasteiger partial charge is 0.483 e. The highest BCUT2D eigenvalue weighted by molar-refractivity contribution is 9.10. The van der Waals surface area contributed by atoms with E-state index in [4.69, 9.17) is 9.90 Å². The molecule has 8 heteroatoms. The van der Waals surface area contributed by atoms with Crippen molar-refractivity contribution < 1.29 is 19.8 Å². The first-order valence-electron chi connectivity index (χ1n) is 8.93. The van der Waals surface area contributed by atoms with Crippen LogP contribution in [0.5, 0.6) is 0 Å². The second-order valence-corrected chi connectivity index (χ2v) is 8.59. The summed E-state index contributed by atoms with van der Waals surface area (Å²) in [4.78, 5) is 21.2. The Hall–Kier alpha value is -1.93. The minimum absolute atomic E-state index is 0.114. The molecule has 0 bridgehead atoms. The number of aromatic nitrogens is 2. The molecule has 1 aliphatic carbocycles. The maximum absolute atomic E-state index is 12.8. The maximum Gasteiger partial charge on any atom is 0.290 e. The van der Waals surface area contributed by atoms with Crippen LogP contribution >= 0.6 is 15.9 Å². The molecule has 1 amide bonds. The van der Waals surface area contributed by atoms with E-state index in [2.05, 4.69) is 47.1 Å². The number of carboxylic acid groups (broad SMARTS) is 1. The summed E-state index contributed by atoms with van der Waals surface area (Å²) in [5, 5.41) is 25.1. The van der Waals surface area contributed by atoms with Gasteiger partial charge in [0.05, 0.1) is 17.2 Å². The average molecular weight is 440 g/mol. The Labute approximate surface area is 166 Å². The van der Waals surface area contributed by atoms with E-state index in [1.807, 2.05) is 22.9 Å². The third kappa shape index (κ3) is 5.29.